The molecule has 3 aromatic rings. The molecule has 3 heterocycles. The minimum atomic E-state index is -0.316. The highest BCUT2D eigenvalue weighted by molar-refractivity contribution is 6.00. The number of nitrogens with zero attached hydrogens (tertiary/aromatic N) is 3. The summed E-state index contributed by atoms with van der Waals surface area (Å²) in [4.78, 5) is 17.4. The van der Waals surface area contributed by atoms with Crippen LogP contribution in [0.3, 0.4) is 0 Å². The van der Waals surface area contributed by atoms with Crippen molar-refractivity contribution in [3.8, 4) is 5.75 Å². The van der Waals surface area contributed by atoms with Gasteiger partial charge in [-0.3, -0.25) is 4.79 Å². The van der Waals surface area contributed by atoms with Crippen molar-refractivity contribution in [1.82, 2.24) is 19.9 Å². The van der Waals surface area contributed by atoms with E-state index < -0.39 is 0 Å². The van der Waals surface area contributed by atoms with Crippen LogP contribution in [-0.4, -0.2) is 32.7 Å². The zero-order chi connectivity index (χ0) is 21.1. The number of nitrogens with one attached hydrogen (secondary N) is 2. The van der Waals surface area contributed by atoms with Gasteiger partial charge in [-0.05, 0) is 43.5 Å². The van der Waals surface area contributed by atoms with Gasteiger partial charge < -0.3 is 15.4 Å². The van der Waals surface area contributed by atoms with Crippen LogP contribution in [0.15, 0.2) is 36.7 Å². The molecule has 30 heavy (non-hydrogen) atoms. The van der Waals surface area contributed by atoms with Gasteiger partial charge in [0.15, 0.2) is 5.65 Å². The van der Waals surface area contributed by atoms with Crippen LogP contribution in [-0.2, 0) is 6.54 Å². The van der Waals surface area contributed by atoms with Gasteiger partial charge in [0, 0.05) is 18.3 Å². The van der Waals surface area contributed by atoms with Gasteiger partial charge in [0.1, 0.15) is 29.1 Å². The first-order valence-corrected chi connectivity index (χ1v) is 10.5. The molecule has 2 aliphatic rings. The molecule has 8 heteroatoms. The second-order valence-corrected chi connectivity index (χ2v) is 7.27. The molecule has 7 nitrogen and oxygen atoms in total. The molecule has 0 unspecified atom stereocenters. The van der Waals surface area contributed by atoms with Crippen LogP contribution in [0.4, 0.5) is 10.2 Å². The highest BCUT2D eigenvalue weighted by atomic mass is 19.1. The van der Waals surface area contributed by atoms with E-state index >= 15 is 0 Å². The number of fused-ring (bicyclic) bond motifs is 3. The van der Waals surface area contributed by atoms with Crippen LogP contribution in [0.2, 0.25) is 0 Å². The predicted molar refractivity (Wildman–Crippen MR) is 112 cm³/mol. The lowest BCUT2D eigenvalue weighted by Crippen LogP contribution is -2.47. The highest BCUT2D eigenvalue weighted by Gasteiger charge is 2.30. The topological polar surface area (TPSA) is 80.5 Å². The molecule has 5 rings (SSSR count). The van der Waals surface area contributed by atoms with Gasteiger partial charge in [-0.15, -0.1) is 0 Å². The molecule has 0 spiro atoms. The number of carbonyl (C=O) groups excluding carboxylic acids is 1. The Morgan fingerprint density at radius 1 is 1.20 bits per heavy atom. The van der Waals surface area contributed by atoms with Crippen molar-refractivity contribution in [2.75, 3.05) is 5.32 Å². The third-order valence-corrected chi connectivity index (χ3v) is 5.39. The maximum absolute atomic E-state index is 13.9. The SMILES string of the molecule is CC.O=C1N[C@@H]2CCCC[C@@H]2Oc2ccc(F)cc2CNc2ccn3ncc1c3n2. The first-order chi connectivity index (χ1) is 14.7. The number of carbonyl (C=O) groups is 1. The van der Waals surface area contributed by atoms with Crippen LogP contribution in [0.25, 0.3) is 5.65 Å². The maximum atomic E-state index is 13.9. The third-order valence-electron chi connectivity index (χ3n) is 5.39. The highest BCUT2D eigenvalue weighted by Crippen LogP contribution is 2.28. The van der Waals surface area contributed by atoms with Gasteiger partial charge in [-0.25, -0.2) is 13.9 Å². The van der Waals surface area contributed by atoms with E-state index in [0.29, 0.717) is 34.9 Å². The smallest absolute Gasteiger partial charge is 0.257 e. The Morgan fingerprint density at radius 2 is 2.03 bits per heavy atom. The first kappa shape index (κ1) is 20.1. The summed E-state index contributed by atoms with van der Waals surface area (Å²) in [6.45, 7) is 4.36. The quantitative estimate of drug-likeness (QED) is 0.586. The van der Waals surface area contributed by atoms with E-state index in [1.165, 1.54) is 18.3 Å². The lowest BCUT2D eigenvalue weighted by Gasteiger charge is -2.33. The largest absolute Gasteiger partial charge is 0.488 e. The van der Waals surface area contributed by atoms with Gasteiger partial charge in [-0.1, -0.05) is 20.3 Å². The minimum absolute atomic E-state index is 0.119. The fourth-order valence-corrected chi connectivity index (χ4v) is 3.93. The normalized spacial score (nSPS) is 20.7. The summed E-state index contributed by atoms with van der Waals surface area (Å²) in [5.41, 5.74) is 1.62. The minimum Gasteiger partial charge on any atom is -0.488 e. The van der Waals surface area contributed by atoms with E-state index in [1.54, 1.807) is 22.8 Å². The van der Waals surface area contributed by atoms with Gasteiger partial charge >= 0.3 is 0 Å². The Hall–Kier alpha value is -3.16. The first-order valence-electron chi connectivity index (χ1n) is 10.5. The number of anilines is 1. The monoisotopic (exact) mass is 411 g/mol. The predicted octanol–water partition coefficient (Wildman–Crippen LogP) is 3.94. The van der Waals surface area contributed by atoms with E-state index in [0.717, 1.165) is 25.7 Å². The molecule has 1 aliphatic carbocycles. The fourth-order valence-electron chi connectivity index (χ4n) is 3.93. The zero-order valence-corrected chi connectivity index (χ0v) is 17.2. The van der Waals surface area contributed by atoms with Crippen molar-refractivity contribution in [2.24, 2.45) is 0 Å². The molecule has 2 aromatic heterocycles. The molecule has 0 saturated heterocycles. The van der Waals surface area contributed by atoms with Crippen LogP contribution >= 0.6 is 0 Å². The number of ether oxygens (including phenoxy) is 1. The molecule has 158 valence electrons. The second-order valence-electron chi connectivity index (χ2n) is 7.27. The standard InChI is InChI=1S/C20H20FN5O2.C2H6/c21-13-5-6-16-12(9-13)10-22-18-7-8-26-19(25-18)14(11-23-26)20(27)24-15-3-1-2-4-17(15)28-16;1-2/h5-9,11,15,17H,1-4,10H2,(H,22,25)(H,24,27);1-2H3/t15-,17+;/m1./s1. The summed E-state index contributed by atoms with van der Waals surface area (Å²) < 4.78 is 21.7. The molecule has 0 radical (unpaired) electrons. The van der Waals surface area contributed by atoms with E-state index in [4.69, 9.17) is 4.74 Å². The Bertz CT molecular complexity index is 1050. The molecule has 1 saturated carbocycles. The number of amides is 1. The van der Waals surface area contributed by atoms with Crippen molar-refractivity contribution < 1.29 is 13.9 Å². The Kier molecular flexibility index (Phi) is 5.83. The number of hydrogen-bond donors (Lipinski definition) is 2. The van der Waals surface area contributed by atoms with Crippen molar-refractivity contribution in [3.63, 3.8) is 0 Å². The summed E-state index contributed by atoms with van der Waals surface area (Å²) in [7, 11) is 0. The Labute approximate surface area is 174 Å². The molecule has 1 aliphatic heterocycles. The van der Waals surface area contributed by atoms with E-state index in [9.17, 15) is 9.18 Å². The van der Waals surface area contributed by atoms with E-state index in [-0.39, 0.29) is 23.9 Å². The molecule has 2 bridgehead atoms. The van der Waals surface area contributed by atoms with Crippen LogP contribution in [0.1, 0.15) is 55.5 Å². The zero-order valence-electron chi connectivity index (χ0n) is 17.2. The number of aromatic nitrogens is 3. The molecule has 1 fully saturated rings. The Balaban J connectivity index is 0.00000106. The van der Waals surface area contributed by atoms with E-state index in [1.807, 2.05) is 13.8 Å². The van der Waals surface area contributed by atoms with Crippen LogP contribution in [0.5, 0.6) is 5.75 Å². The van der Waals surface area contributed by atoms with Crippen molar-refractivity contribution >= 4 is 17.4 Å². The summed E-state index contributed by atoms with van der Waals surface area (Å²) in [6.07, 6.45) is 6.85. The number of hydrogen-bond acceptors (Lipinski definition) is 5. The summed E-state index contributed by atoms with van der Waals surface area (Å²) in [5.74, 6) is 0.680. The number of rotatable bonds is 0. The van der Waals surface area contributed by atoms with E-state index in [2.05, 4.69) is 20.7 Å². The van der Waals surface area contributed by atoms with Crippen LogP contribution in [0, 0.1) is 5.82 Å². The molecule has 1 aromatic carbocycles. The average molecular weight is 411 g/mol. The number of benzene rings is 1. The fraction of sp³-hybridized carbons (Fsp3) is 0.409. The van der Waals surface area contributed by atoms with Gasteiger partial charge in [-0.2, -0.15) is 5.10 Å². The summed E-state index contributed by atoms with van der Waals surface area (Å²) in [6, 6.07) is 6.17. The molecule has 1 amide bonds. The summed E-state index contributed by atoms with van der Waals surface area (Å²) >= 11 is 0. The average Bonchev–Trinajstić information content (AvgIpc) is 3.19. The third kappa shape index (κ3) is 3.94. The molecular weight excluding hydrogens is 385 g/mol. The van der Waals surface area contributed by atoms with Crippen LogP contribution < -0.4 is 15.4 Å². The molecular formula is C22H26FN5O2. The van der Waals surface area contributed by atoms with Gasteiger partial charge in [0.2, 0.25) is 0 Å². The lowest BCUT2D eigenvalue weighted by atomic mass is 9.92. The van der Waals surface area contributed by atoms with Gasteiger partial charge in [0.05, 0.1) is 12.2 Å². The van der Waals surface area contributed by atoms with Crippen molar-refractivity contribution in [2.45, 2.75) is 58.2 Å². The molecule has 2 atom stereocenters. The molecule has 2 N–H and O–H groups in total. The van der Waals surface area contributed by atoms with Gasteiger partial charge in [0.25, 0.3) is 5.91 Å². The summed E-state index contributed by atoms with van der Waals surface area (Å²) in [5, 5.41) is 10.5. The second kappa shape index (κ2) is 8.69. The van der Waals surface area contributed by atoms with Crippen molar-refractivity contribution in [3.05, 3.63) is 53.6 Å². The number of halogens is 1. The maximum Gasteiger partial charge on any atom is 0.257 e. The lowest BCUT2D eigenvalue weighted by molar-refractivity contribution is 0.0797. The van der Waals surface area contributed by atoms with Crippen molar-refractivity contribution in [1.29, 1.82) is 0 Å². The Morgan fingerprint density at radius 3 is 2.90 bits per heavy atom.